The minimum atomic E-state index is -0.713. The van der Waals surface area contributed by atoms with Gasteiger partial charge in [0.15, 0.2) is 5.82 Å². The van der Waals surface area contributed by atoms with E-state index in [0.717, 1.165) is 62.9 Å². The first-order valence-corrected chi connectivity index (χ1v) is 16.4. The summed E-state index contributed by atoms with van der Waals surface area (Å²) in [6, 6.07) is 15.0. The second kappa shape index (κ2) is 13.9. The van der Waals surface area contributed by atoms with Gasteiger partial charge in [-0.2, -0.15) is 0 Å². The third-order valence-electron chi connectivity index (χ3n) is 9.59. The van der Waals surface area contributed by atoms with Crippen LogP contribution in [0, 0.1) is 12.7 Å². The summed E-state index contributed by atoms with van der Waals surface area (Å²) in [6.45, 7) is 6.04. The number of likely N-dealkylation sites (tertiary alicyclic amines) is 1. The van der Waals surface area contributed by atoms with Crippen molar-refractivity contribution in [2.45, 2.75) is 63.5 Å². The fourth-order valence-corrected chi connectivity index (χ4v) is 6.98. The highest BCUT2D eigenvalue weighted by Crippen LogP contribution is 2.38. The van der Waals surface area contributed by atoms with Crippen LogP contribution in [-0.2, 0) is 0 Å². The molecular formula is C36H45FN6O3. The van der Waals surface area contributed by atoms with Crippen LogP contribution >= 0.6 is 0 Å². The molecular weight excluding hydrogens is 583 g/mol. The maximum atomic E-state index is 16.0. The molecule has 2 fully saturated rings. The third kappa shape index (κ3) is 6.79. The number of carbonyl (C=O) groups excluding carboxylic acids is 1. The molecule has 6 rings (SSSR count). The van der Waals surface area contributed by atoms with Crippen molar-refractivity contribution in [1.82, 2.24) is 24.3 Å². The number of nitrogens with one attached hydrogen (secondary N) is 1. The number of para-hydroxylation sites is 1. The van der Waals surface area contributed by atoms with E-state index in [4.69, 9.17) is 9.72 Å². The van der Waals surface area contributed by atoms with Crippen molar-refractivity contribution < 1.29 is 19.0 Å². The largest absolute Gasteiger partial charge is 0.496 e. The van der Waals surface area contributed by atoms with Gasteiger partial charge < -0.3 is 24.2 Å². The predicted molar refractivity (Wildman–Crippen MR) is 179 cm³/mol. The number of benzene rings is 2. The van der Waals surface area contributed by atoms with E-state index in [-0.39, 0.29) is 23.4 Å². The highest BCUT2D eigenvalue weighted by molar-refractivity contribution is 6.05. The molecule has 0 radical (unpaired) electrons. The van der Waals surface area contributed by atoms with E-state index in [1.807, 2.05) is 6.07 Å². The smallest absolute Gasteiger partial charge is 0.261 e. The van der Waals surface area contributed by atoms with E-state index >= 15 is 4.39 Å². The minimum Gasteiger partial charge on any atom is -0.496 e. The topological polar surface area (TPSA) is 95.7 Å². The lowest BCUT2D eigenvalue weighted by Crippen LogP contribution is -2.37. The number of aliphatic hydroxyl groups excluding tert-OH is 1. The molecule has 0 bridgehead atoms. The summed E-state index contributed by atoms with van der Waals surface area (Å²) >= 11 is 0. The zero-order chi connectivity index (χ0) is 32.4. The van der Waals surface area contributed by atoms with Gasteiger partial charge in [-0.25, -0.2) is 14.4 Å². The van der Waals surface area contributed by atoms with Gasteiger partial charge in [-0.1, -0.05) is 18.2 Å². The lowest BCUT2D eigenvalue weighted by molar-refractivity contribution is 0.101. The van der Waals surface area contributed by atoms with Gasteiger partial charge in [-0.05, 0) is 114 Å². The Morgan fingerprint density at radius 3 is 2.50 bits per heavy atom. The highest BCUT2D eigenvalue weighted by Gasteiger charge is 2.28. The van der Waals surface area contributed by atoms with E-state index < -0.39 is 11.7 Å². The predicted octanol–water partition coefficient (Wildman–Crippen LogP) is 6.02. The second-order valence-corrected chi connectivity index (χ2v) is 13.1. The average molecular weight is 629 g/mol. The Labute approximate surface area is 270 Å². The molecule has 3 heterocycles. The molecule has 1 aliphatic carbocycles. The molecule has 10 heteroatoms. The molecule has 0 spiro atoms. The van der Waals surface area contributed by atoms with Gasteiger partial charge in [-0.3, -0.25) is 10.1 Å². The molecule has 1 saturated heterocycles. The van der Waals surface area contributed by atoms with Gasteiger partial charge >= 0.3 is 0 Å². The van der Waals surface area contributed by atoms with Crippen molar-refractivity contribution in [3.63, 3.8) is 0 Å². The normalized spacial score (nSPS) is 19.5. The van der Waals surface area contributed by atoms with E-state index in [1.54, 1.807) is 31.2 Å². The molecule has 1 saturated carbocycles. The number of carbonyl (C=O) groups is 1. The molecule has 46 heavy (non-hydrogen) atoms. The van der Waals surface area contributed by atoms with Crippen LogP contribution in [0.25, 0.3) is 22.3 Å². The number of halogens is 1. The number of methoxy groups -OCH3 is 1. The first kappa shape index (κ1) is 32.1. The summed E-state index contributed by atoms with van der Waals surface area (Å²) in [5.41, 5.74) is 3.98. The van der Waals surface area contributed by atoms with Crippen LogP contribution < -0.4 is 10.1 Å². The molecule has 0 atom stereocenters. The van der Waals surface area contributed by atoms with E-state index in [1.165, 1.54) is 18.7 Å². The number of nitrogens with zero attached hydrogens (tertiary/aromatic N) is 5. The third-order valence-corrected chi connectivity index (χ3v) is 9.59. The zero-order valence-electron chi connectivity index (χ0n) is 27.3. The summed E-state index contributed by atoms with van der Waals surface area (Å²) in [5, 5.41) is 13.2. The number of piperidine rings is 1. The fraction of sp³-hybridized carbons (Fsp3) is 0.472. The van der Waals surface area contributed by atoms with Crippen molar-refractivity contribution in [2.24, 2.45) is 0 Å². The number of likely N-dealkylation sites (N-methyl/N-ethyl adjacent to an activating group) is 1. The number of pyridine rings is 1. The maximum absolute atomic E-state index is 16.0. The van der Waals surface area contributed by atoms with Gasteiger partial charge in [-0.15, -0.1) is 0 Å². The summed E-state index contributed by atoms with van der Waals surface area (Å²) in [6.07, 6.45) is 4.78. The summed E-state index contributed by atoms with van der Waals surface area (Å²) in [5.74, 6) is 0.0240. The second-order valence-electron chi connectivity index (χ2n) is 13.1. The van der Waals surface area contributed by atoms with Gasteiger partial charge in [0.1, 0.15) is 11.4 Å². The standard InChI is InChI=1S/C36H45FN6O3/c1-23-21-29(33(37)34(38-23)28-7-5-6-8-32(28)46-4)35(45)40-36-39-30-14-9-25(24-15-17-42(18-16-24)20-19-41(2)3)22-31(30)43(36)26-10-12-27(44)13-11-26/h5-9,14,21-22,24,26-27,44H,10-13,15-20H2,1-4H3,(H,39,40,45)/t26-,27+. The number of aliphatic hydroxyl groups is 1. The molecule has 2 aromatic heterocycles. The number of imidazole rings is 1. The molecule has 244 valence electrons. The Morgan fingerprint density at radius 1 is 1.04 bits per heavy atom. The van der Waals surface area contributed by atoms with E-state index in [2.05, 4.69) is 50.9 Å². The Balaban J connectivity index is 1.32. The van der Waals surface area contributed by atoms with E-state index in [9.17, 15) is 9.90 Å². The van der Waals surface area contributed by atoms with Crippen molar-refractivity contribution >= 4 is 22.9 Å². The number of rotatable bonds is 9. The van der Waals surface area contributed by atoms with Crippen molar-refractivity contribution in [2.75, 3.05) is 52.7 Å². The number of amides is 1. The molecule has 9 nitrogen and oxygen atoms in total. The Bertz CT molecular complexity index is 1690. The van der Waals surface area contributed by atoms with E-state index in [0.29, 0.717) is 41.7 Å². The van der Waals surface area contributed by atoms with Gasteiger partial charge in [0.2, 0.25) is 5.95 Å². The lowest BCUT2D eigenvalue weighted by Gasteiger charge is -2.33. The number of aryl methyl sites for hydroxylation is 1. The van der Waals surface area contributed by atoms with Crippen LogP contribution in [0.2, 0.25) is 0 Å². The van der Waals surface area contributed by atoms with Crippen LogP contribution in [-0.4, -0.2) is 88.8 Å². The molecule has 0 unspecified atom stereocenters. The SMILES string of the molecule is COc1ccccc1-c1nc(C)cc(C(=O)Nc2nc3ccc(C4CCN(CCN(C)C)CC4)cc3n2[C@H]2CC[C@@H](O)CC2)c1F. The fourth-order valence-electron chi connectivity index (χ4n) is 6.98. The molecule has 2 aromatic carbocycles. The van der Waals surface area contributed by atoms with Crippen LogP contribution in [0.3, 0.4) is 0 Å². The first-order valence-electron chi connectivity index (χ1n) is 16.4. The van der Waals surface area contributed by atoms with Crippen LogP contribution in [0.4, 0.5) is 10.3 Å². The van der Waals surface area contributed by atoms with Crippen molar-refractivity contribution in [3.8, 4) is 17.0 Å². The average Bonchev–Trinajstić information content (AvgIpc) is 3.42. The number of anilines is 1. The van der Waals surface area contributed by atoms with Gasteiger partial charge in [0.25, 0.3) is 5.91 Å². The number of hydrogen-bond acceptors (Lipinski definition) is 7. The number of aromatic nitrogens is 3. The maximum Gasteiger partial charge on any atom is 0.261 e. The van der Waals surface area contributed by atoms with Gasteiger partial charge in [0.05, 0.1) is 29.8 Å². The van der Waals surface area contributed by atoms with Crippen LogP contribution in [0.5, 0.6) is 5.75 Å². The van der Waals surface area contributed by atoms with Crippen LogP contribution in [0.1, 0.15) is 72.1 Å². The Kier molecular flexibility index (Phi) is 9.67. The Hall–Kier alpha value is -3.86. The molecule has 2 N–H and O–H groups in total. The number of ether oxygens (including phenoxy) is 1. The quantitative estimate of drug-likeness (QED) is 0.234. The number of fused-ring (bicyclic) bond motifs is 1. The molecule has 2 aliphatic rings. The zero-order valence-corrected chi connectivity index (χ0v) is 27.3. The minimum absolute atomic E-state index is 0.0556. The van der Waals surface area contributed by atoms with Crippen molar-refractivity contribution in [1.29, 1.82) is 0 Å². The molecule has 1 amide bonds. The van der Waals surface area contributed by atoms with Crippen molar-refractivity contribution in [3.05, 3.63) is 71.2 Å². The Morgan fingerprint density at radius 2 is 1.78 bits per heavy atom. The van der Waals surface area contributed by atoms with Gasteiger partial charge in [0, 0.05) is 30.4 Å². The molecule has 4 aromatic rings. The molecule has 1 aliphatic heterocycles. The number of hydrogen-bond donors (Lipinski definition) is 2. The summed E-state index contributed by atoms with van der Waals surface area (Å²) in [4.78, 5) is 27.9. The summed E-state index contributed by atoms with van der Waals surface area (Å²) in [7, 11) is 5.75. The van der Waals surface area contributed by atoms with Crippen LogP contribution in [0.15, 0.2) is 48.5 Å². The summed E-state index contributed by atoms with van der Waals surface area (Å²) < 4.78 is 23.6. The first-order chi connectivity index (χ1) is 22.2. The monoisotopic (exact) mass is 628 g/mol. The lowest BCUT2D eigenvalue weighted by atomic mass is 9.89. The highest BCUT2D eigenvalue weighted by atomic mass is 19.1.